The second-order valence-corrected chi connectivity index (χ2v) is 6.93. The quantitative estimate of drug-likeness (QED) is 0.580. The van der Waals surface area contributed by atoms with Crippen LogP contribution in [0, 0.1) is 10.5 Å². The number of rotatable bonds is 4. The van der Waals surface area contributed by atoms with E-state index >= 15 is 0 Å². The Balaban J connectivity index is 1.76. The van der Waals surface area contributed by atoms with Crippen LogP contribution in [-0.2, 0) is 4.79 Å². The van der Waals surface area contributed by atoms with E-state index < -0.39 is 6.10 Å². The van der Waals surface area contributed by atoms with Gasteiger partial charge in [0.05, 0.1) is 0 Å². The summed E-state index contributed by atoms with van der Waals surface area (Å²) in [5.74, 6) is 0.558. The molecule has 0 aliphatic rings. The summed E-state index contributed by atoms with van der Waals surface area (Å²) in [5.41, 5.74) is 1.85. The molecule has 0 spiro atoms. The molecule has 0 aliphatic heterocycles. The van der Waals surface area contributed by atoms with E-state index in [2.05, 4.69) is 27.9 Å². The van der Waals surface area contributed by atoms with Crippen molar-refractivity contribution in [3.63, 3.8) is 0 Å². The molecule has 0 fully saturated rings. The van der Waals surface area contributed by atoms with E-state index in [1.807, 2.05) is 67.6 Å². The van der Waals surface area contributed by atoms with Crippen LogP contribution in [0.15, 0.2) is 60.7 Å². The monoisotopic (exact) mass is 431 g/mol. The van der Waals surface area contributed by atoms with E-state index in [1.54, 1.807) is 6.92 Å². The molecule has 3 nitrogen and oxygen atoms in total. The predicted octanol–water partition coefficient (Wildman–Crippen LogP) is 5.16. The molecule has 1 atom stereocenters. The largest absolute Gasteiger partial charge is 0.480 e. The molecule has 1 amide bonds. The van der Waals surface area contributed by atoms with Gasteiger partial charge in [0.1, 0.15) is 5.75 Å². The average Bonchev–Trinajstić information content (AvgIpc) is 2.57. The molecule has 0 aromatic heterocycles. The molecule has 4 heteroatoms. The van der Waals surface area contributed by atoms with Crippen LogP contribution in [0.5, 0.6) is 5.75 Å². The van der Waals surface area contributed by atoms with E-state index in [1.165, 1.54) is 0 Å². The first-order valence-corrected chi connectivity index (χ1v) is 8.84. The summed E-state index contributed by atoms with van der Waals surface area (Å²) in [5, 5.41) is 5.04. The van der Waals surface area contributed by atoms with Crippen molar-refractivity contribution < 1.29 is 9.53 Å². The molecule has 0 bridgehead atoms. The van der Waals surface area contributed by atoms with Gasteiger partial charge in [-0.05, 0) is 71.7 Å². The number of hydrogen-bond donors (Lipinski definition) is 1. The van der Waals surface area contributed by atoms with Gasteiger partial charge >= 0.3 is 0 Å². The van der Waals surface area contributed by atoms with Crippen molar-refractivity contribution in [2.45, 2.75) is 20.0 Å². The van der Waals surface area contributed by atoms with Gasteiger partial charge < -0.3 is 10.1 Å². The summed E-state index contributed by atoms with van der Waals surface area (Å²) in [6, 6.07) is 19.8. The lowest BCUT2D eigenvalue weighted by atomic mass is 10.1. The van der Waals surface area contributed by atoms with E-state index in [-0.39, 0.29) is 5.91 Å². The molecule has 1 unspecified atom stereocenters. The first-order valence-electron chi connectivity index (χ1n) is 7.76. The van der Waals surface area contributed by atoms with Crippen molar-refractivity contribution in [2.24, 2.45) is 0 Å². The highest BCUT2D eigenvalue weighted by atomic mass is 127. The fraction of sp³-hybridized carbons (Fsp3) is 0.150. The topological polar surface area (TPSA) is 38.3 Å². The third kappa shape index (κ3) is 3.70. The first-order chi connectivity index (χ1) is 11.5. The lowest BCUT2D eigenvalue weighted by molar-refractivity contribution is -0.122. The van der Waals surface area contributed by atoms with Crippen LogP contribution in [0.25, 0.3) is 10.8 Å². The lowest BCUT2D eigenvalue weighted by Gasteiger charge is -2.17. The maximum atomic E-state index is 12.5. The Kier molecular flexibility index (Phi) is 5.04. The SMILES string of the molecule is Cc1cc(I)ccc1NC(=O)C(C)Oc1cccc2ccccc12. The number of carbonyl (C=O) groups excluding carboxylic acids is 1. The van der Waals surface area contributed by atoms with Gasteiger partial charge in [-0.1, -0.05) is 36.4 Å². The number of benzene rings is 3. The number of amides is 1. The highest BCUT2D eigenvalue weighted by Gasteiger charge is 2.16. The van der Waals surface area contributed by atoms with Crippen LogP contribution in [0.1, 0.15) is 12.5 Å². The molecular formula is C20H18INO2. The number of halogens is 1. The van der Waals surface area contributed by atoms with E-state index in [0.29, 0.717) is 0 Å². The van der Waals surface area contributed by atoms with Crippen LogP contribution < -0.4 is 10.1 Å². The maximum absolute atomic E-state index is 12.5. The van der Waals surface area contributed by atoms with Crippen molar-refractivity contribution >= 4 is 45.0 Å². The number of aryl methyl sites for hydroxylation is 1. The maximum Gasteiger partial charge on any atom is 0.265 e. The summed E-state index contributed by atoms with van der Waals surface area (Å²) < 4.78 is 7.05. The zero-order valence-electron chi connectivity index (χ0n) is 13.5. The number of nitrogens with one attached hydrogen (secondary N) is 1. The second kappa shape index (κ2) is 7.21. The van der Waals surface area contributed by atoms with Crippen LogP contribution in [0.3, 0.4) is 0 Å². The van der Waals surface area contributed by atoms with Crippen molar-refractivity contribution in [1.82, 2.24) is 0 Å². The third-order valence-corrected chi connectivity index (χ3v) is 4.54. The Morgan fingerprint density at radius 1 is 1.08 bits per heavy atom. The number of hydrogen-bond acceptors (Lipinski definition) is 2. The molecule has 0 saturated carbocycles. The highest BCUT2D eigenvalue weighted by Crippen LogP contribution is 2.26. The van der Waals surface area contributed by atoms with Gasteiger partial charge in [0.15, 0.2) is 6.10 Å². The summed E-state index contributed by atoms with van der Waals surface area (Å²) in [7, 11) is 0. The number of anilines is 1. The van der Waals surface area contributed by atoms with Gasteiger partial charge in [-0.15, -0.1) is 0 Å². The van der Waals surface area contributed by atoms with Gasteiger partial charge in [0.25, 0.3) is 5.91 Å². The summed E-state index contributed by atoms with van der Waals surface area (Å²) in [4.78, 5) is 12.5. The minimum absolute atomic E-state index is 0.160. The molecule has 0 radical (unpaired) electrons. The van der Waals surface area contributed by atoms with E-state index in [4.69, 9.17) is 4.74 Å². The van der Waals surface area contributed by atoms with E-state index in [9.17, 15) is 4.79 Å². The fourth-order valence-electron chi connectivity index (χ4n) is 2.54. The Hall–Kier alpha value is -2.08. The number of carbonyl (C=O) groups is 1. The zero-order valence-corrected chi connectivity index (χ0v) is 15.7. The fourth-order valence-corrected chi connectivity index (χ4v) is 3.19. The van der Waals surface area contributed by atoms with Crippen molar-refractivity contribution in [2.75, 3.05) is 5.32 Å². The third-order valence-electron chi connectivity index (χ3n) is 3.87. The van der Waals surface area contributed by atoms with Crippen LogP contribution in [0.4, 0.5) is 5.69 Å². The molecule has 122 valence electrons. The summed E-state index contributed by atoms with van der Waals surface area (Å²) in [6.07, 6.45) is -0.588. The van der Waals surface area contributed by atoms with Crippen LogP contribution in [-0.4, -0.2) is 12.0 Å². The Morgan fingerprint density at radius 3 is 2.62 bits per heavy atom. The Morgan fingerprint density at radius 2 is 1.83 bits per heavy atom. The van der Waals surface area contributed by atoms with E-state index in [0.717, 1.165) is 31.3 Å². The van der Waals surface area contributed by atoms with Gasteiger partial charge in [-0.25, -0.2) is 0 Å². The average molecular weight is 431 g/mol. The molecule has 1 N–H and O–H groups in total. The number of ether oxygens (including phenoxy) is 1. The summed E-state index contributed by atoms with van der Waals surface area (Å²) >= 11 is 2.25. The van der Waals surface area contributed by atoms with Crippen molar-refractivity contribution in [1.29, 1.82) is 0 Å². The predicted molar refractivity (Wildman–Crippen MR) is 107 cm³/mol. The van der Waals surface area contributed by atoms with Gasteiger partial charge in [-0.2, -0.15) is 0 Å². The van der Waals surface area contributed by atoms with Crippen molar-refractivity contribution in [3.05, 3.63) is 69.8 Å². The lowest BCUT2D eigenvalue weighted by Crippen LogP contribution is -2.30. The van der Waals surface area contributed by atoms with Crippen LogP contribution in [0.2, 0.25) is 0 Å². The summed E-state index contributed by atoms with van der Waals surface area (Å²) in [6.45, 7) is 3.74. The van der Waals surface area contributed by atoms with Crippen LogP contribution >= 0.6 is 22.6 Å². The molecule has 0 saturated heterocycles. The second-order valence-electron chi connectivity index (χ2n) is 5.69. The standard InChI is InChI=1S/C20H18INO2/c1-13-12-16(21)10-11-18(13)22-20(23)14(2)24-19-9-5-7-15-6-3-4-8-17(15)19/h3-12,14H,1-2H3,(H,22,23). The van der Waals surface area contributed by atoms with Gasteiger partial charge in [-0.3, -0.25) is 4.79 Å². The molecular weight excluding hydrogens is 413 g/mol. The molecule has 0 heterocycles. The van der Waals surface area contributed by atoms with Gasteiger partial charge in [0, 0.05) is 14.6 Å². The first kappa shape index (κ1) is 16.8. The zero-order chi connectivity index (χ0) is 17.1. The molecule has 3 rings (SSSR count). The number of fused-ring (bicyclic) bond motifs is 1. The highest BCUT2D eigenvalue weighted by molar-refractivity contribution is 14.1. The Labute approximate surface area is 155 Å². The molecule has 24 heavy (non-hydrogen) atoms. The van der Waals surface area contributed by atoms with Gasteiger partial charge in [0.2, 0.25) is 0 Å². The molecule has 3 aromatic rings. The minimum Gasteiger partial charge on any atom is -0.480 e. The molecule has 3 aromatic carbocycles. The molecule has 0 aliphatic carbocycles. The Bertz CT molecular complexity index is 886. The minimum atomic E-state index is -0.588. The smallest absolute Gasteiger partial charge is 0.265 e. The van der Waals surface area contributed by atoms with Crippen molar-refractivity contribution in [3.8, 4) is 5.75 Å². The normalized spacial score (nSPS) is 12.0.